The monoisotopic (exact) mass is 259 g/mol. The Morgan fingerprint density at radius 3 is 2.41 bits per heavy atom. The van der Waals surface area contributed by atoms with Gasteiger partial charge >= 0.3 is 0 Å². The minimum absolute atomic E-state index is 0.0301. The summed E-state index contributed by atoms with van der Waals surface area (Å²) >= 11 is 6.22. The molecule has 0 fully saturated rings. The Morgan fingerprint density at radius 2 is 2.12 bits per heavy atom. The molecule has 17 heavy (non-hydrogen) atoms. The van der Waals surface area contributed by atoms with E-state index in [4.69, 9.17) is 16.3 Å². The molecule has 1 rings (SSSR count). The third-order valence-electron chi connectivity index (χ3n) is 3.63. The minimum Gasteiger partial charge on any atom is -0.376 e. The lowest BCUT2D eigenvalue weighted by Crippen LogP contribution is -2.44. The van der Waals surface area contributed by atoms with E-state index in [2.05, 4.69) is 24.3 Å². The fourth-order valence-electron chi connectivity index (χ4n) is 2.46. The normalized spacial score (nSPS) is 14.0. The Kier molecular flexibility index (Phi) is 4.98. The molecule has 1 aromatic rings. The molecule has 1 aromatic heterocycles. The summed E-state index contributed by atoms with van der Waals surface area (Å²) in [5, 5.41) is 8.18. The molecule has 98 valence electrons. The number of methoxy groups -OCH3 is 1. The number of hydrogen-bond donors (Lipinski definition) is 1. The van der Waals surface area contributed by atoms with E-state index in [0.29, 0.717) is 5.02 Å². The van der Waals surface area contributed by atoms with Crippen molar-refractivity contribution in [3.8, 4) is 0 Å². The first-order valence-electron chi connectivity index (χ1n) is 5.96. The highest BCUT2D eigenvalue weighted by atomic mass is 35.5. The summed E-state index contributed by atoms with van der Waals surface area (Å²) in [6, 6.07) is 0.0301. The fraction of sp³-hybridized carbons (Fsp3) is 0.750. The minimum atomic E-state index is -0.258. The van der Waals surface area contributed by atoms with Crippen LogP contribution >= 0.6 is 11.6 Å². The summed E-state index contributed by atoms with van der Waals surface area (Å²) in [6.45, 7) is 4.25. The highest BCUT2D eigenvalue weighted by Crippen LogP contribution is 2.37. The van der Waals surface area contributed by atoms with Crippen LogP contribution in [-0.2, 0) is 11.8 Å². The Morgan fingerprint density at radius 1 is 1.53 bits per heavy atom. The Balaban J connectivity index is 3.22. The zero-order chi connectivity index (χ0) is 13.1. The van der Waals surface area contributed by atoms with Crippen molar-refractivity contribution in [3.05, 3.63) is 16.9 Å². The quantitative estimate of drug-likeness (QED) is 0.853. The van der Waals surface area contributed by atoms with Crippen LogP contribution in [0.15, 0.2) is 6.20 Å². The van der Waals surface area contributed by atoms with E-state index < -0.39 is 0 Å². The smallest absolute Gasteiger partial charge is 0.0883 e. The van der Waals surface area contributed by atoms with E-state index in [-0.39, 0.29) is 11.6 Å². The van der Waals surface area contributed by atoms with Crippen molar-refractivity contribution in [2.75, 3.05) is 14.2 Å². The second-order valence-electron chi connectivity index (χ2n) is 4.20. The van der Waals surface area contributed by atoms with Crippen molar-refractivity contribution in [3.63, 3.8) is 0 Å². The molecule has 0 saturated heterocycles. The number of halogens is 1. The van der Waals surface area contributed by atoms with Crippen molar-refractivity contribution >= 4 is 11.6 Å². The lowest BCUT2D eigenvalue weighted by atomic mass is 9.86. The molecule has 0 amide bonds. The van der Waals surface area contributed by atoms with Crippen molar-refractivity contribution in [2.45, 2.75) is 38.3 Å². The van der Waals surface area contributed by atoms with Gasteiger partial charge in [0.05, 0.1) is 28.6 Å². The topological polar surface area (TPSA) is 39.1 Å². The van der Waals surface area contributed by atoms with Gasteiger partial charge in [-0.15, -0.1) is 0 Å². The molecule has 0 bridgehead atoms. The maximum absolute atomic E-state index is 6.22. The van der Waals surface area contributed by atoms with Crippen molar-refractivity contribution in [1.29, 1.82) is 0 Å². The Bertz CT molecular complexity index is 333. The second kappa shape index (κ2) is 5.85. The molecular weight excluding hydrogens is 238 g/mol. The van der Waals surface area contributed by atoms with Gasteiger partial charge in [0.25, 0.3) is 0 Å². The summed E-state index contributed by atoms with van der Waals surface area (Å²) in [5.41, 5.74) is 0.714. The van der Waals surface area contributed by atoms with Gasteiger partial charge in [-0.2, -0.15) is 5.10 Å². The van der Waals surface area contributed by atoms with Gasteiger partial charge in [0.2, 0.25) is 0 Å². The molecule has 1 unspecified atom stereocenters. The molecule has 0 aromatic carbocycles. The first-order valence-corrected chi connectivity index (χ1v) is 6.33. The maximum atomic E-state index is 6.22. The summed E-state index contributed by atoms with van der Waals surface area (Å²) in [7, 11) is 5.58. The largest absolute Gasteiger partial charge is 0.376 e. The molecule has 0 saturated carbocycles. The second-order valence-corrected chi connectivity index (χ2v) is 4.61. The van der Waals surface area contributed by atoms with Crippen LogP contribution < -0.4 is 5.32 Å². The number of likely N-dealkylation sites (N-methyl/N-ethyl adjacent to an activating group) is 1. The first kappa shape index (κ1) is 14.5. The summed E-state index contributed by atoms with van der Waals surface area (Å²) < 4.78 is 7.57. The van der Waals surface area contributed by atoms with Gasteiger partial charge in [0, 0.05) is 14.2 Å². The highest BCUT2D eigenvalue weighted by molar-refractivity contribution is 6.31. The molecule has 1 N–H and O–H groups in total. The zero-order valence-corrected chi connectivity index (χ0v) is 12.0. The number of hydrogen-bond acceptors (Lipinski definition) is 3. The molecule has 0 radical (unpaired) electrons. The van der Waals surface area contributed by atoms with E-state index in [1.54, 1.807) is 13.3 Å². The standard InChI is InChI=1S/C12H22ClN3O/c1-6-12(7-2,17-5)11(14-3)10-9(13)8-15-16(10)4/h8,11,14H,6-7H2,1-5H3. The number of aromatic nitrogens is 2. The van der Waals surface area contributed by atoms with Gasteiger partial charge in [0.1, 0.15) is 0 Å². The molecule has 0 spiro atoms. The molecule has 5 heteroatoms. The van der Waals surface area contributed by atoms with Crippen molar-refractivity contribution in [1.82, 2.24) is 15.1 Å². The van der Waals surface area contributed by atoms with Crippen LogP contribution in [0, 0.1) is 0 Å². The third-order valence-corrected chi connectivity index (χ3v) is 3.92. The van der Waals surface area contributed by atoms with Gasteiger partial charge in [0.15, 0.2) is 0 Å². The van der Waals surface area contributed by atoms with Gasteiger partial charge in [-0.3, -0.25) is 4.68 Å². The number of nitrogens with zero attached hydrogens (tertiary/aromatic N) is 2. The zero-order valence-electron chi connectivity index (χ0n) is 11.2. The highest BCUT2D eigenvalue weighted by Gasteiger charge is 2.38. The van der Waals surface area contributed by atoms with E-state index in [9.17, 15) is 0 Å². The molecule has 0 aliphatic carbocycles. The van der Waals surface area contributed by atoms with Crippen LogP contribution in [0.1, 0.15) is 38.4 Å². The lowest BCUT2D eigenvalue weighted by molar-refractivity contribution is -0.0486. The van der Waals surface area contributed by atoms with Gasteiger partial charge in [-0.05, 0) is 19.9 Å². The average molecular weight is 260 g/mol. The Hall–Kier alpha value is -0.580. The van der Waals surface area contributed by atoms with Crippen molar-refractivity contribution < 1.29 is 4.74 Å². The first-order chi connectivity index (χ1) is 8.06. The predicted molar refractivity (Wildman–Crippen MR) is 70.3 cm³/mol. The third kappa shape index (κ3) is 2.49. The molecule has 0 aliphatic rings. The Labute approximate surface area is 108 Å². The summed E-state index contributed by atoms with van der Waals surface area (Å²) in [6.07, 6.45) is 3.49. The van der Waals surface area contributed by atoms with Crippen LogP contribution in [0.5, 0.6) is 0 Å². The fourth-order valence-corrected chi connectivity index (χ4v) is 2.73. The van der Waals surface area contributed by atoms with Crippen LogP contribution in [0.4, 0.5) is 0 Å². The average Bonchev–Trinajstić information content (AvgIpc) is 2.67. The molecule has 0 aliphatic heterocycles. The van der Waals surface area contributed by atoms with E-state index in [1.807, 2.05) is 18.8 Å². The summed E-state index contributed by atoms with van der Waals surface area (Å²) in [5.74, 6) is 0. The van der Waals surface area contributed by atoms with E-state index in [0.717, 1.165) is 18.5 Å². The van der Waals surface area contributed by atoms with Gasteiger partial charge in [-0.1, -0.05) is 25.4 Å². The van der Waals surface area contributed by atoms with E-state index >= 15 is 0 Å². The van der Waals surface area contributed by atoms with Crippen LogP contribution in [0.25, 0.3) is 0 Å². The molecule has 1 heterocycles. The van der Waals surface area contributed by atoms with Gasteiger partial charge < -0.3 is 10.1 Å². The SMILES string of the molecule is CCC(CC)(OC)C(NC)c1c(Cl)cnn1C. The van der Waals surface area contributed by atoms with Crippen LogP contribution in [-0.4, -0.2) is 29.5 Å². The number of nitrogens with one attached hydrogen (secondary N) is 1. The van der Waals surface area contributed by atoms with E-state index in [1.165, 1.54) is 0 Å². The molecular formula is C12H22ClN3O. The predicted octanol–water partition coefficient (Wildman–Crippen LogP) is 2.54. The summed E-state index contributed by atoms with van der Waals surface area (Å²) in [4.78, 5) is 0. The van der Waals surface area contributed by atoms with Crippen LogP contribution in [0.3, 0.4) is 0 Å². The number of rotatable bonds is 6. The number of aryl methyl sites for hydroxylation is 1. The maximum Gasteiger partial charge on any atom is 0.0883 e. The van der Waals surface area contributed by atoms with Gasteiger partial charge in [-0.25, -0.2) is 0 Å². The molecule has 1 atom stereocenters. The number of ether oxygens (including phenoxy) is 1. The molecule has 4 nitrogen and oxygen atoms in total. The van der Waals surface area contributed by atoms with Crippen LogP contribution in [0.2, 0.25) is 5.02 Å². The lowest BCUT2D eigenvalue weighted by Gasteiger charge is -2.38. The van der Waals surface area contributed by atoms with Crippen molar-refractivity contribution in [2.24, 2.45) is 7.05 Å².